The van der Waals surface area contributed by atoms with Gasteiger partial charge in [0.05, 0.1) is 10.6 Å². The molecule has 5 nitrogen and oxygen atoms in total. The third-order valence-corrected chi connectivity index (χ3v) is 8.34. The Balaban J connectivity index is 1.59. The Bertz CT molecular complexity index is 1690. The van der Waals surface area contributed by atoms with Crippen LogP contribution in [0.5, 0.6) is 0 Å². The van der Waals surface area contributed by atoms with Crippen molar-refractivity contribution in [1.82, 2.24) is 4.57 Å². The van der Waals surface area contributed by atoms with Gasteiger partial charge in [-0.15, -0.1) is 11.3 Å². The predicted molar refractivity (Wildman–Crippen MR) is 131 cm³/mol. The highest BCUT2D eigenvalue weighted by molar-refractivity contribution is 8.08. The molecule has 0 unspecified atom stereocenters. The molecule has 192 valence electrons. The van der Waals surface area contributed by atoms with Crippen molar-refractivity contribution >= 4 is 39.9 Å². The number of fused-ring (bicyclic) bond motifs is 1. The summed E-state index contributed by atoms with van der Waals surface area (Å²) in [5.74, 6) is -2.86. The van der Waals surface area contributed by atoms with Gasteiger partial charge in [0.15, 0.2) is 23.6 Å². The number of aromatic nitrogens is 2. The maximum absolute atomic E-state index is 14.4. The summed E-state index contributed by atoms with van der Waals surface area (Å²) in [6.45, 7) is 2.22. The van der Waals surface area contributed by atoms with E-state index in [2.05, 4.69) is 0 Å². The van der Waals surface area contributed by atoms with Crippen molar-refractivity contribution in [1.29, 1.82) is 0 Å². The molecule has 0 amide bonds. The quantitative estimate of drug-likeness (QED) is 0.280. The van der Waals surface area contributed by atoms with Crippen LogP contribution in [0.25, 0.3) is 11.1 Å². The average molecular weight is 553 g/mol. The maximum atomic E-state index is 14.4. The molecule has 0 saturated carbocycles. The first kappa shape index (κ1) is 25.3. The largest absolute Gasteiger partial charge is 0.450 e. The van der Waals surface area contributed by atoms with E-state index in [1.54, 1.807) is 51.6 Å². The Morgan fingerprint density at radius 3 is 2.59 bits per heavy atom. The van der Waals surface area contributed by atoms with Gasteiger partial charge in [0, 0.05) is 31.8 Å². The molecule has 1 aliphatic heterocycles. The summed E-state index contributed by atoms with van der Waals surface area (Å²) in [6.07, 6.45) is -1.11. The lowest BCUT2D eigenvalue weighted by atomic mass is 10.3. The normalized spacial score (nSPS) is 15.5. The number of nitrogens with zero attached hydrogens (tertiary/aromatic N) is 3. The van der Waals surface area contributed by atoms with E-state index in [0.29, 0.717) is 32.2 Å². The first-order chi connectivity index (χ1) is 17.6. The van der Waals surface area contributed by atoms with Gasteiger partial charge in [-0.05, 0) is 37.3 Å². The number of hydrogen-bond acceptors (Lipinski definition) is 5. The van der Waals surface area contributed by atoms with Crippen LogP contribution in [0.3, 0.4) is 0 Å². The number of halogens is 5. The third-order valence-electron chi connectivity index (χ3n) is 5.83. The Labute approximate surface area is 215 Å². The van der Waals surface area contributed by atoms with Crippen molar-refractivity contribution in [3.8, 4) is 0 Å². The lowest BCUT2D eigenvalue weighted by Gasteiger charge is -2.12. The smallest absolute Gasteiger partial charge is 0.449 e. The molecule has 5 rings (SSSR count). The summed E-state index contributed by atoms with van der Waals surface area (Å²) < 4.78 is 76.2. The van der Waals surface area contributed by atoms with Crippen LogP contribution in [-0.4, -0.2) is 11.6 Å². The van der Waals surface area contributed by atoms with Gasteiger partial charge in [-0.2, -0.15) is 17.7 Å². The molecule has 3 aromatic heterocycles. The second-order valence-corrected chi connectivity index (χ2v) is 10.2. The van der Waals surface area contributed by atoms with Crippen LogP contribution in [0.4, 0.5) is 27.6 Å². The second kappa shape index (κ2) is 9.49. The zero-order valence-corrected chi connectivity index (χ0v) is 21.1. The van der Waals surface area contributed by atoms with Crippen molar-refractivity contribution in [2.24, 2.45) is 0 Å². The standard InChI is InChI=1S/C25H19F5N3O2S2/c1-3-33-19(12-14-6-4-5-11-32(14)13-15-7-10-18(35-15)25(28,29)30)36-22(23(33)34)24-31(2)17-9-8-16(26)20(27)21(17)37-24/h4-12H,3,13H2,1-2H3/q+1/b24-22+. The molecule has 0 fully saturated rings. The van der Waals surface area contributed by atoms with Crippen LogP contribution in [-0.2, 0) is 19.3 Å². The average Bonchev–Trinajstić information content (AvgIpc) is 3.54. The number of thioether (sulfide) groups is 1. The van der Waals surface area contributed by atoms with Crippen LogP contribution in [0.15, 0.2) is 62.8 Å². The van der Waals surface area contributed by atoms with Gasteiger partial charge in [-0.25, -0.2) is 8.78 Å². The highest BCUT2D eigenvalue weighted by Gasteiger charge is 2.35. The van der Waals surface area contributed by atoms with E-state index >= 15 is 0 Å². The van der Waals surface area contributed by atoms with Crippen molar-refractivity contribution in [3.05, 3.63) is 97.1 Å². The zero-order valence-electron chi connectivity index (χ0n) is 19.5. The van der Waals surface area contributed by atoms with Crippen LogP contribution in [0, 0.1) is 11.6 Å². The van der Waals surface area contributed by atoms with Gasteiger partial charge in [-0.1, -0.05) is 11.8 Å². The number of alkyl halides is 3. The van der Waals surface area contributed by atoms with Gasteiger partial charge >= 0.3 is 6.18 Å². The van der Waals surface area contributed by atoms with Gasteiger partial charge < -0.3 is 9.32 Å². The van der Waals surface area contributed by atoms with Crippen LogP contribution < -0.4 is 24.2 Å². The van der Waals surface area contributed by atoms with E-state index < -0.39 is 23.6 Å². The minimum atomic E-state index is -4.57. The molecule has 0 bridgehead atoms. The Morgan fingerprint density at radius 2 is 1.89 bits per heavy atom. The molecule has 0 atom stereocenters. The number of thiazole rings is 1. The molecular formula is C25H19F5N3O2S2+. The highest BCUT2D eigenvalue weighted by atomic mass is 32.2. The van der Waals surface area contributed by atoms with Crippen LogP contribution >= 0.6 is 23.1 Å². The molecule has 0 N–H and O–H groups in total. The second-order valence-electron chi connectivity index (χ2n) is 8.16. The summed E-state index contributed by atoms with van der Waals surface area (Å²) in [4.78, 5) is 15.1. The monoisotopic (exact) mass is 552 g/mol. The van der Waals surface area contributed by atoms with E-state index in [4.69, 9.17) is 4.42 Å². The number of rotatable bonds is 4. The maximum Gasteiger partial charge on any atom is 0.449 e. The summed E-state index contributed by atoms with van der Waals surface area (Å²) in [5, 5.41) is 0.493. The first-order valence-electron chi connectivity index (χ1n) is 11.1. The minimum absolute atomic E-state index is 0.0491. The number of benzene rings is 1. The van der Waals surface area contributed by atoms with E-state index in [1.165, 1.54) is 23.5 Å². The minimum Gasteiger partial charge on any atom is -0.450 e. The van der Waals surface area contributed by atoms with Crippen LogP contribution in [0.1, 0.15) is 24.1 Å². The molecule has 0 saturated heterocycles. The van der Waals surface area contributed by atoms with E-state index in [0.717, 1.165) is 23.9 Å². The topological polar surface area (TPSA) is 42.3 Å². The predicted octanol–water partition coefficient (Wildman–Crippen LogP) is 4.29. The fourth-order valence-electron chi connectivity index (χ4n) is 4.00. The highest BCUT2D eigenvalue weighted by Crippen LogP contribution is 2.47. The Morgan fingerprint density at radius 1 is 1.11 bits per heavy atom. The van der Waals surface area contributed by atoms with E-state index in [1.807, 2.05) is 6.92 Å². The molecule has 1 aliphatic rings. The lowest BCUT2D eigenvalue weighted by molar-refractivity contribution is -0.691. The first-order valence-corrected chi connectivity index (χ1v) is 12.7. The summed E-state index contributed by atoms with van der Waals surface area (Å²) >= 11 is 2.20. The molecule has 0 radical (unpaired) electrons. The van der Waals surface area contributed by atoms with Crippen LogP contribution in [0.2, 0.25) is 0 Å². The summed E-state index contributed by atoms with van der Waals surface area (Å²) in [6, 6.07) is 9.98. The number of furan rings is 1. The molecule has 1 aromatic carbocycles. The van der Waals surface area contributed by atoms with Gasteiger partial charge in [0.25, 0.3) is 5.56 Å². The molecule has 4 heterocycles. The van der Waals surface area contributed by atoms with Gasteiger partial charge in [0.1, 0.15) is 14.2 Å². The molecule has 4 aromatic rings. The molecule has 37 heavy (non-hydrogen) atoms. The number of pyridine rings is 1. The Kier molecular flexibility index (Phi) is 6.48. The Hall–Kier alpha value is -3.38. The number of hydrogen-bond donors (Lipinski definition) is 0. The number of anilines is 1. The van der Waals surface area contributed by atoms with Crippen molar-refractivity contribution in [3.63, 3.8) is 0 Å². The van der Waals surface area contributed by atoms with E-state index in [9.17, 15) is 26.7 Å². The fourth-order valence-corrected chi connectivity index (χ4v) is 6.49. The SMILES string of the molecule is CCn1c(=O)/c(=C2\Sc3c(ccc(F)c3F)N2C)s/c1=C\c1cccc[n+]1Cc1ccc(C(F)(F)F)o1. The molecule has 0 aliphatic carbocycles. The summed E-state index contributed by atoms with van der Waals surface area (Å²) in [5.41, 5.74) is 0.833. The van der Waals surface area contributed by atoms with Gasteiger partial charge in [-0.3, -0.25) is 9.36 Å². The summed E-state index contributed by atoms with van der Waals surface area (Å²) in [7, 11) is 1.69. The van der Waals surface area contributed by atoms with Crippen molar-refractivity contribution in [2.45, 2.75) is 31.1 Å². The zero-order chi connectivity index (χ0) is 26.5. The lowest BCUT2D eigenvalue weighted by Crippen LogP contribution is -2.38. The molecular weight excluding hydrogens is 533 g/mol. The van der Waals surface area contributed by atoms with Gasteiger partial charge in [0.2, 0.25) is 18.0 Å². The van der Waals surface area contributed by atoms with E-state index in [-0.39, 0.29) is 22.8 Å². The third kappa shape index (κ3) is 4.59. The van der Waals surface area contributed by atoms with Crippen molar-refractivity contribution < 1.29 is 30.9 Å². The molecule has 0 spiro atoms. The molecule has 12 heteroatoms. The fraction of sp³-hybridized carbons (Fsp3) is 0.200. The van der Waals surface area contributed by atoms with Crippen molar-refractivity contribution in [2.75, 3.05) is 11.9 Å².